The summed E-state index contributed by atoms with van der Waals surface area (Å²) in [6, 6.07) is 0. The molecule has 4 rings (SSSR count). The third kappa shape index (κ3) is 8.09. The van der Waals surface area contributed by atoms with Crippen LogP contribution >= 0.6 is 39.5 Å². The number of nitrogens with one attached hydrogen (secondary N) is 1. The van der Waals surface area contributed by atoms with Crippen LogP contribution in [-0.4, -0.2) is 80.4 Å². The molecule has 2 aliphatic rings. The molecule has 0 saturated carbocycles. The number of ether oxygens (including phenoxy) is 2. The molecule has 2 aliphatic carbocycles. The average Bonchev–Trinajstić information content (AvgIpc) is 3.53. The number of hydrogen-bond donors (Lipinski definition) is 3. The fourth-order valence-electron chi connectivity index (χ4n) is 4.28. The first-order valence-corrected chi connectivity index (χ1v) is 15.9. The van der Waals surface area contributed by atoms with Gasteiger partial charge in [0.15, 0.2) is 11.5 Å². The van der Waals surface area contributed by atoms with Crippen molar-refractivity contribution in [3.8, 4) is 0 Å². The van der Waals surface area contributed by atoms with E-state index in [0.717, 1.165) is 6.08 Å². The van der Waals surface area contributed by atoms with E-state index in [9.17, 15) is 23.7 Å². The lowest BCUT2D eigenvalue weighted by atomic mass is 9.97. The second kappa shape index (κ2) is 16.4. The molecular formula is C27H37Br2N4O9P. The summed E-state index contributed by atoms with van der Waals surface area (Å²) in [5, 5.41) is 10.3. The van der Waals surface area contributed by atoms with E-state index in [1.165, 1.54) is 31.2 Å². The summed E-state index contributed by atoms with van der Waals surface area (Å²) >= 11 is 6.57. The molecule has 238 valence electrons. The molecule has 0 aromatic carbocycles. The molecule has 0 fully saturated rings. The van der Waals surface area contributed by atoms with Crippen LogP contribution in [0.4, 0.5) is 0 Å². The van der Waals surface area contributed by atoms with Gasteiger partial charge in [-0.3, -0.25) is 23.7 Å². The molecule has 0 spiro atoms. The van der Waals surface area contributed by atoms with Crippen LogP contribution < -0.4 is 5.50 Å². The highest BCUT2D eigenvalue weighted by atomic mass is 79.9. The molecule has 0 amide bonds. The molecule has 0 aliphatic heterocycles. The number of aryl methyl sites for hydroxylation is 1. The zero-order valence-electron chi connectivity index (χ0n) is 22.4. The number of carbonyl (C=O) groups is 4. The SMILES string of the molecule is C.C.COC1=CC(=O)c2[nH]cc(COP(N)(=O)N(CCBr)CCBr)c2C1=O.COC1=CC(=O)c2c(c(CO)cn2C)C1=O. The Bertz CT molecular complexity index is 1470. The lowest BCUT2D eigenvalue weighted by molar-refractivity contribution is 0.0911. The van der Waals surface area contributed by atoms with Gasteiger partial charge in [-0.15, -0.1) is 0 Å². The molecule has 16 heteroatoms. The molecule has 2 aromatic rings. The number of rotatable bonds is 11. The first-order valence-electron chi connectivity index (χ1n) is 12.0. The van der Waals surface area contributed by atoms with Gasteiger partial charge in [-0.1, -0.05) is 46.7 Å². The van der Waals surface area contributed by atoms with Gasteiger partial charge in [0.25, 0.3) is 0 Å². The summed E-state index contributed by atoms with van der Waals surface area (Å²) in [5.74, 6) is -1.47. The van der Waals surface area contributed by atoms with Crippen molar-refractivity contribution >= 4 is 62.7 Å². The number of nitrogens with zero attached hydrogens (tertiary/aromatic N) is 2. The zero-order valence-corrected chi connectivity index (χ0v) is 26.5. The Morgan fingerprint density at radius 3 is 2.00 bits per heavy atom. The summed E-state index contributed by atoms with van der Waals surface area (Å²) < 4.78 is 31.0. The molecule has 0 bridgehead atoms. The highest BCUT2D eigenvalue weighted by molar-refractivity contribution is 9.09. The van der Waals surface area contributed by atoms with Crippen molar-refractivity contribution in [2.75, 3.05) is 38.0 Å². The van der Waals surface area contributed by atoms with E-state index >= 15 is 0 Å². The minimum atomic E-state index is -3.55. The van der Waals surface area contributed by atoms with Gasteiger partial charge in [-0.2, -0.15) is 0 Å². The normalized spacial score (nSPS) is 15.2. The number of H-pyrrole nitrogens is 1. The second-order valence-corrected chi connectivity index (χ2v) is 12.2. The van der Waals surface area contributed by atoms with E-state index < -0.39 is 13.5 Å². The molecule has 13 nitrogen and oxygen atoms in total. The first kappa shape index (κ1) is 38.4. The Kier molecular flexibility index (Phi) is 14.7. The number of aromatic amines is 1. The number of aliphatic hydroxyl groups excluding tert-OH is 1. The third-order valence-electron chi connectivity index (χ3n) is 6.22. The number of ketones is 4. The molecule has 2 heterocycles. The van der Waals surface area contributed by atoms with Gasteiger partial charge in [-0.05, 0) is 0 Å². The zero-order chi connectivity index (χ0) is 30.5. The summed E-state index contributed by atoms with van der Waals surface area (Å²) in [7, 11) is 0.763. The topological polar surface area (TPSA) is 183 Å². The number of Topliss-reactive ketones (excluding diaryl/α,β-unsaturated/α-hetero) is 2. The fourth-order valence-corrected chi connectivity index (χ4v) is 6.93. The number of methoxy groups -OCH3 is 2. The van der Waals surface area contributed by atoms with Gasteiger partial charge in [-0.25, -0.2) is 10.2 Å². The number of halogens is 2. The first-order chi connectivity index (χ1) is 19.4. The molecule has 1 atom stereocenters. The van der Waals surface area contributed by atoms with Crippen LogP contribution in [0.1, 0.15) is 67.7 Å². The van der Waals surface area contributed by atoms with Crippen LogP contribution in [0.15, 0.2) is 36.1 Å². The Morgan fingerprint density at radius 1 is 0.953 bits per heavy atom. The summed E-state index contributed by atoms with van der Waals surface area (Å²) in [6.45, 7) is 0.438. The highest BCUT2D eigenvalue weighted by Crippen LogP contribution is 2.43. The number of fused-ring (bicyclic) bond motifs is 2. The van der Waals surface area contributed by atoms with Gasteiger partial charge in [0, 0.05) is 66.5 Å². The number of alkyl halides is 2. The van der Waals surface area contributed by atoms with Gasteiger partial charge < -0.3 is 28.7 Å². The predicted molar refractivity (Wildman–Crippen MR) is 169 cm³/mol. The molecule has 0 saturated heterocycles. The van der Waals surface area contributed by atoms with Crippen LogP contribution in [0, 0.1) is 0 Å². The smallest absolute Gasteiger partial charge is 0.341 e. The monoisotopic (exact) mass is 750 g/mol. The summed E-state index contributed by atoms with van der Waals surface area (Å²) in [4.78, 5) is 50.8. The van der Waals surface area contributed by atoms with Crippen LogP contribution in [0.2, 0.25) is 0 Å². The van der Waals surface area contributed by atoms with Crippen LogP contribution in [-0.2, 0) is 38.8 Å². The molecular weight excluding hydrogens is 715 g/mol. The average molecular weight is 752 g/mol. The molecule has 4 N–H and O–H groups in total. The number of aromatic nitrogens is 2. The maximum absolute atomic E-state index is 12.7. The molecule has 43 heavy (non-hydrogen) atoms. The van der Waals surface area contributed by atoms with Gasteiger partial charge in [0.05, 0.1) is 44.3 Å². The summed E-state index contributed by atoms with van der Waals surface area (Å²) in [5.41, 5.74) is 7.58. The van der Waals surface area contributed by atoms with Crippen molar-refractivity contribution in [3.63, 3.8) is 0 Å². The van der Waals surface area contributed by atoms with Gasteiger partial charge in [0.2, 0.25) is 23.1 Å². The Morgan fingerprint density at radius 2 is 1.49 bits per heavy atom. The minimum Gasteiger partial charge on any atom is -0.492 e. The second-order valence-electron chi connectivity index (χ2n) is 8.69. The standard InChI is InChI=1S/C14H18Br2N3O5P.C11H11NO4.2CH4/c1-23-11-6-10(20)13-12(14(11)21)9(7-18-13)8-24-25(17,22)19(4-2-15)5-3-16;1-12-4-6(5-13)9-10(12)7(14)3-8(16-2)11(9)15;;/h6-7,18H,2-5,8H2,1H3,(H2,17,22);3-4,13H,5H2,1-2H3;2*1H4. The number of hydrogen-bond acceptors (Lipinski definition) is 9. The van der Waals surface area contributed by atoms with E-state index in [-0.39, 0.29) is 73.8 Å². The molecule has 2 aromatic heterocycles. The van der Waals surface area contributed by atoms with Crippen molar-refractivity contribution in [1.82, 2.24) is 14.2 Å². The number of aliphatic hydroxyl groups is 1. The molecule has 0 radical (unpaired) electrons. The van der Waals surface area contributed by atoms with E-state index in [1.54, 1.807) is 17.8 Å². The van der Waals surface area contributed by atoms with E-state index in [4.69, 9.17) is 24.6 Å². The van der Waals surface area contributed by atoms with Crippen LogP contribution in [0.3, 0.4) is 0 Å². The number of nitrogens with two attached hydrogens (primary N) is 1. The Labute approximate surface area is 267 Å². The maximum Gasteiger partial charge on any atom is 0.341 e. The van der Waals surface area contributed by atoms with E-state index in [0.29, 0.717) is 40.6 Å². The van der Waals surface area contributed by atoms with E-state index in [2.05, 4.69) is 36.8 Å². The minimum absolute atomic E-state index is 0. The fraction of sp³-hybridized carbons (Fsp3) is 0.407. The predicted octanol–water partition coefficient (Wildman–Crippen LogP) is 4.30. The third-order valence-corrected chi connectivity index (χ3v) is 8.62. The number of allylic oxidation sites excluding steroid dienone is 4. The highest BCUT2D eigenvalue weighted by Gasteiger charge is 2.33. The van der Waals surface area contributed by atoms with Crippen molar-refractivity contribution in [2.24, 2.45) is 12.6 Å². The maximum atomic E-state index is 12.7. The van der Waals surface area contributed by atoms with Crippen molar-refractivity contribution in [2.45, 2.75) is 28.1 Å². The largest absolute Gasteiger partial charge is 0.492 e. The summed E-state index contributed by atoms with van der Waals surface area (Å²) in [6.07, 6.45) is 5.36. The lowest BCUT2D eigenvalue weighted by Gasteiger charge is -2.26. The van der Waals surface area contributed by atoms with E-state index in [1.807, 2.05) is 0 Å². The van der Waals surface area contributed by atoms with Crippen molar-refractivity contribution in [1.29, 1.82) is 0 Å². The van der Waals surface area contributed by atoms with Crippen LogP contribution in [0.25, 0.3) is 0 Å². The van der Waals surface area contributed by atoms with Crippen molar-refractivity contribution < 1.29 is 42.8 Å². The van der Waals surface area contributed by atoms with Gasteiger partial charge in [0.1, 0.15) is 5.69 Å². The lowest BCUT2D eigenvalue weighted by Crippen LogP contribution is -2.29. The van der Waals surface area contributed by atoms with Crippen molar-refractivity contribution in [3.05, 3.63) is 69.7 Å². The number of carbonyl (C=O) groups excluding carboxylic acids is 4. The molecule has 1 unspecified atom stereocenters. The van der Waals surface area contributed by atoms with Gasteiger partial charge >= 0.3 is 7.67 Å². The van der Waals surface area contributed by atoms with Crippen LogP contribution in [0.5, 0.6) is 0 Å². The Hall–Kier alpha value is -2.65. The quantitative estimate of drug-likeness (QED) is 0.220. The Balaban J connectivity index is 0.000000446.